The number of nitrogens with one attached hydrogen (secondary N) is 2. The zero-order chi connectivity index (χ0) is 17.3. The maximum absolute atomic E-state index is 12.4. The predicted octanol–water partition coefficient (Wildman–Crippen LogP) is 1.07. The molecule has 3 rings (SSSR count). The summed E-state index contributed by atoms with van der Waals surface area (Å²) in [4.78, 5) is 25.1. The lowest BCUT2D eigenvalue weighted by Gasteiger charge is -2.12. The van der Waals surface area contributed by atoms with Crippen molar-refractivity contribution in [2.75, 3.05) is 19.5 Å². The summed E-state index contributed by atoms with van der Waals surface area (Å²) in [5.74, 6) is 1.11. The molecule has 0 spiro atoms. The van der Waals surface area contributed by atoms with E-state index < -0.39 is 6.03 Å². The number of amides is 3. The number of fused-ring (bicyclic) bond motifs is 1. The van der Waals surface area contributed by atoms with Crippen LogP contribution in [0.5, 0.6) is 11.5 Å². The minimum Gasteiger partial charge on any atom is -0.493 e. The van der Waals surface area contributed by atoms with Gasteiger partial charge in [0, 0.05) is 11.1 Å². The first-order valence-electron chi connectivity index (χ1n) is 7.17. The number of rotatable bonds is 4. The molecular weight excluding hydrogens is 314 g/mol. The van der Waals surface area contributed by atoms with Gasteiger partial charge in [-0.25, -0.2) is 4.79 Å². The summed E-state index contributed by atoms with van der Waals surface area (Å²) >= 11 is 0. The normalized spacial score (nSPS) is 12.7. The van der Waals surface area contributed by atoms with E-state index >= 15 is 0 Å². The van der Waals surface area contributed by atoms with Crippen LogP contribution in [0.25, 0.3) is 0 Å². The van der Waals surface area contributed by atoms with Gasteiger partial charge in [-0.3, -0.25) is 9.89 Å². The van der Waals surface area contributed by atoms with E-state index in [-0.39, 0.29) is 5.91 Å². The Morgan fingerprint density at radius 2 is 2.00 bits per heavy atom. The van der Waals surface area contributed by atoms with Crippen LogP contribution in [0, 0.1) is 0 Å². The Morgan fingerprint density at radius 1 is 1.25 bits per heavy atom. The second kappa shape index (κ2) is 6.11. The molecule has 9 heteroatoms. The highest BCUT2D eigenvalue weighted by Gasteiger charge is 2.28. The molecule has 0 aliphatic carbocycles. The standard InChI is InChI=1S/C15H17N5O4/c1-23-11-4-3-8(5-12(11)24-2)14(21)17-13-9-6-20(15(16)22)7-10(9)18-19-13/h3-5H,6-7H2,1-2H3,(H2,16,22)(H2,17,18,19,21). The van der Waals surface area contributed by atoms with E-state index in [1.54, 1.807) is 18.2 Å². The summed E-state index contributed by atoms with van der Waals surface area (Å²) in [6.07, 6.45) is 0. The molecule has 0 bridgehead atoms. The number of nitrogens with zero attached hydrogens (tertiary/aromatic N) is 2. The van der Waals surface area contributed by atoms with Crippen molar-refractivity contribution in [2.24, 2.45) is 5.73 Å². The van der Waals surface area contributed by atoms with Gasteiger partial charge in [0.05, 0.1) is 33.0 Å². The first kappa shape index (κ1) is 15.7. The molecule has 1 aliphatic rings. The molecule has 24 heavy (non-hydrogen) atoms. The van der Waals surface area contributed by atoms with Crippen molar-refractivity contribution >= 4 is 17.8 Å². The summed E-state index contributed by atoms with van der Waals surface area (Å²) in [6.45, 7) is 0.635. The number of hydrogen-bond acceptors (Lipinski definition) is 5. The number of carbonyl (C=O) groups is 2. The van der Waals surface area contributed by atoms with E-state index in [4.69, 9.17) is 15.2 Å². The van der Waals surface area contributed by atoms with Gasteiger partial charge in [0.25, 0.3) is 5.91 Å². The molecule has 1 aliphatic heterocycles. The lowest BCUT2D eigenvalue weighted by Crippen LogP contribution is -2.31. The molecule has 0 unspecified atom stereocenters. The molecule has 126 valence electrons. The van der Waals surface area contributed by atoms with Gasteiger partial charge >= 0.3 is 6.03 Å². The Hall–Kier alpha value is -3.23. The van der Waals surface area contributed by atoms with Crippen LogP contribution >= 0.6 is 0 Å². The molecule has 2 heterocycles. The van der Waals surface area contributed by atoms with Crippen LogP contribution in [0.4, 0.5) is 10.6 Å². The van der Waals surface area contributed by atoms with Crippen molar-refractivity contribution in [1.82, 2.24) is 15.1 Å². The van der Waals surface area contributed by atoms with Crippen LogP contribution < -0.4 is 20.5 Å². The summed E-state index contributed by atoms with van der Waals surface area (Å²) in [7, 11) is 3.02. The molecule has 4 N–H and O–H groups in total. The maximum Gasteiger partial charge on any atom is 0.315 e. The Bertz CT molecular complexity index is 801. The second-order valence-electron chi connectivity index (χ2n) is 5.24. The average molecular weight is 331 g/mol. The highest BCUT2D eigenvalue weighted by atomic mass is 16.5. The number of ether oxygens (including phenoxy) is 2. The van der Waals surface area contributed by atoms with Crippen molar-refractivity contribution in [1.29, 1.82) is 0 Å². The summed E-state index contributed by atoms with van der Waals surface area (Å²) < 4.78 is 10.3. The molecule has 0 fully saturated rings. The fourth-order valence-corrected chi connectivity index (χ4v) is 2.55. The number of H-pyrrole nitrogens is 1. The number of hydrogen-bond donors (Lipinski definition) is 3. The van der Waals surface area contributed by atoms with Crippen LogP contribution in [-0.2, 0) is 13.1 Å². The van der Waals surface area contributed by atoms with E-state index in [0.717, 1.165) is 5.56 Å². The number of aromatic nitrogens is 2. The molecule has 0 atom stereocenters. The van der Waals surface area contributed by atoms with E-state index in [2.05, 4.69) is 15.5 Å². The molecule has 0 radical (unpaired) electrons. The van der Waals surface area contributed by atoms with E-state index in [0.29, 0.717) is 41.7 Å². The monoisotopic (exact) mass is 331 g/mol. The van der Waals surface area contributed by atoms with E-state index in [1.807, 2.05) is 0 Å². The zero-order valence-corrected chi connectivity index (χ0v) is 13.3. The molecule has 9 nitrogen and oxygen atoms in total. The Labute approximate surface area is 137 Å². The second-order valence-corrected chi connectivity index (χ2v) is 5.24. The molecule has 3 amide bonds. The highest BCUT2D eigenvalue weighted by Crippen LogP contribution is 2.29. The van der Waals surface area contributed by atoms with Crippen LogP contribution in [0.3, 0.4) is 0 Å². The molecular formula is C15H17N5O4. The third-order valence-electron chi connectivity index (χ3n) is 3.84. The SMILES string of the molecule is COc1ccc(C(=O)Nc2[nH]nc3c2CN(C(N)=O)C3)cc1OC. The first-order chi connectivity index (χ1) is 11.5. The third-order valence-corrected chi connectivity index (χ3v) is 3.84. The number of urea groups is 1. The lowest BCUT2D eigenvalue weighted by molar-refractivity contribution is 0.102. The number of primary amides is 1. The Morgan fingerprint density at radius 3 is 2.67 bits per heavy atom. The smallest absolute Gasteiger partial charge is 0.315 e. The van der Waals surface area contributed by atoms with Crippen molar-refractivity contribution in [3.63, 3.8) is 0 Å². The summed E-state index contributed by atoms with van der Waals surface area (Å²) in [5.41, 5.74) is 7.12. The number of benzene rings is 1. The minimum atomic E-state index is -0.523. The van der Waals surface area contributed by atoms with Gasteiger partial charge in [-0.15, -0.1) is 0 Å². The number of carbonyl (C=O) groups excluding carboxylic acids is 2. The van der Waals surface area contributed by atoms with Crippen molar-refractivity contribution in [2.45, 2.75) is 13.1 Å². The van der Waals surface area contributed by atoms with Gasteiger partial charge in [0.15, 0.2) is 11.5 Å². The van der Waals surface area contributed by atoms with E-state index in [9.17, 15) is 9.59 Å². The van der Waals surface area contributed by atoms with Crippen LogP contribution in [-0.4, -0.2) is 41.3 Å². The fourth-order valence-electron chi connectivity index (χ4n) is 2.55. The molecule has 1 aromatic heterocycles. The van der Waals surface area contributed by atoms with Gasteiger partial charge in [-0.05, 0) is 18.2 Å². The van der Waals surface area contributed by atoms with Gasteiger partial charge in [0.1, 0.15) is 5.82 Å². The number of methoxy groups -OCH3 is 2. The molecule has 2 aromatic rings. The van der Waals surface area contributed by atoms with Crippen molar-refractivity contribution in [3.05, 3.63) is 35.0 Å². The van der Waals surface area contributed by atoms with Crippen LogP contribution in [0.2, 0.25) is 0 Å². The highest BCUT2D eigenvalue weighted by molar-refractivity contribution is 6.04. The predicted molar refractivity (Wildman–Crippen MR) is 84.9 cm³/mol. The summed E-state index contributed by atoms with van der Waals surface area (Å²) in [5, 5.41) is 9.63. The largest absolute Gasteiger partial charge is 0.493 e. The quantitative estimate of drug-likeness (QED) is 0.773. The first-order valence-corrected chi connectivity index (χ1v) is 7.17. The Kier molecular flexibility index (Phi) is 3.98. The van der Waals surface area contributed by atoms with Crippen LogP contribution in [0.1, 0.15) is 21.6 Å². The van der Waals surface area contributed by atoms with E-state index in [1.165, 1.54) is 19.1 Å². The van der Waals surface area contributed by atoms with Crippen molar-refractivity contribution in [3.8, 4) is 11.5 Å². The topological polar surface area (TPSA) is 123 Å². The minimum absolute atomic E-state index is 0.308. The van der Waals surface area contributed by atoms with Gasteiger partial charge in [-0.2, -0.15) is 5.10 Å². The lowest BCUT2D eigenvalue weighted by atomic mass is 10.2. The maximum atomic E-state index is 12.4. The number of aromatic amines is 1. The van der Waals surface area contributed by atoms with Gasteiger partial charge in [0.2, 0.25) is 0 Å². The van der Waals surface area contributed by atoms with Gasteiger partial charge in [-0.1, -0.05) is 0 Å². The third kappa shape index (κ3) is 2.71. The zero-order valence-electron chi connectivity index (χ0n) is 13.3. The number of nitrogens with two attached hydrogens (primary N) is 1. The van der Waals surface area contributed by atoms with Crippen LogP contribution in [0.15, 0.2) is 18.2 Å². The van der Waals surface area contributed by atoms with Crippen molar-refractivity contribution < 1.29 is 19.1 Å². The summed E-state index contributed by atoms with van der Waals surface area (Å²) in [6, 6.07) is 4.34. The average Bonchev–Trinajstić information content (AvgIpc) is 3.16. The Balaban J connectivity index is 1.79. The molecule has 0 saturated carbocycles. The number of anilines is 1. The fraction of sp³-hybridized carbons (Fsp3) is 0.267. The molecule has 0 saturated heterocycles. The molecule has 1 aromatic carbocycles. The van der Waals surface area contributed by atoms with Gasteiger partial charge < -0.3 is 25.4 Å².